The number of amides is 1. The van der Waals surface area contributed by atoms with Crippen molar-refractivity contribution in [1.29, 1.82) is 0 Å². The average molecular weight is 446 g/mol. The molecule has 3 rings (SSSR count). The molecule has 7 nitrogen and oxygen atoms in total. The summed E-state index contributed by atoms with van der Waals surface area (Å²) in [6.45, 7) is 10.7. The zero-order valence-electron chi connectivity index (χ0n) is 18.6. The van der Waals surface area contributed by atoms with Gasteiger partial charge in [-0.15, -0.1) is 0 Å². The van der Waals surface area contributed by atoms with E-state index in [9.17, 15) is 13.2 Å². The van der Waals surface area contributed by atoms with Crippen molar-refractivity contribution >= 4 is 21.6 Å². The van der Waals surface area contributed by atoms with Gasteiger partial charge in [0.25, 0.3) is 0 Å². The quantitative estimate of drug-likeness (QED) is 0.709. The summed E-state index contributed by atoms with van der Waals surface area (Å²) < 4.78 is 33.2. The summed E-state index contributed by atoms with van der Waals surface area (Å²) in [5.41, 5.74) is 3.68. The van der Waals surface area contributed by atoms with Crippen LogP contribution in [0.25, 0.3) is 0 Å². The van der Waals surface area contributed by atoms with Gasteiger partial charge in [0.15, 0.2) is 0 Å². The highest BCUT2D eigenvalue weighted by atomic mass is 32.2. The summed E-state index contributed by atoms with van der Waals surface area (Å²) in [6.07, 6.45) is 0. The molecule has 0 aromatic heterocycles. The first-order chi connectivity index (χ1) is 14.7. The van der Waals surface area contributed by atoms with Crippen molar-refractivity contribution in [2.24, 2.45) is 0 Å². The summed E-state index contributed by atoms with van der Waals surface area (Å²) >= 11 is 0. The Morgan fingerprint density at radius 2 is 1.71 bits per heavy atom. The number of aryl methyl sites for hydroxylation is 1. The van der Waals surface area contributed by atoms with Crippen LogP contribution in [0.4, 0.5) is 5.69 Å². The van der Waals surface area contributed by atoms with Gasteiger partial charge in [0.05, 0.1) is 17.5 Å². The minimum absolute atomic E-state index is 0.107. The normalized spacial score (nSPS) is 15.6. The number of anilines is 1. The molecular formula is C23H31N3O4S. The van der Waals surface area contributed by atoms with Crippen LogP contribution in [-0.4, -0.2) is 58.1 Å². The van der Waals surface area contributed by atoms with Crippen LogP contribution in [0.1, 0.15) is 25.0 Å². The second-order valence-corrected chi connectivity index (χ2v) is 9.49. The molecule has 1 heterocycles. The fourth-order valence-corrected chi connectivity index (χ4v) is 4.95. The highest BCUT2D eigenvalue weighted by molar-refractivity contribution is 7.89. The third kappa shape index (κ3) is 5.37. The first-order valence-corrected chi connectivity index (χ1v) is 12.1. The monoisotopic (exact) mass is 445 g/mol. The lowest BCUT2D eigenvalue weighted by Gasteiger charge is -2.38. The van der Waals surface area contributed by atoms with Gasteiger partial charge in [0.1, 0.15) is 5.75 Å². The maximum Gasteiger partial charge on any atom is 0.241 e. The van der Waals surface area contributed by atoms with Crippen LogP contribution in [0, 0.1) is 13.8 Å². The van der Waals surface area contributed by atoms with Gasteiger partial charge in [-0.3, -0.25) is 4.79 Å². The van der Waals surface area contributed by atoms with Crippen LogP contribution < -0.4 is 14.4 Å². The van der Waals surface area contributed by atoms with E-state index in [0.29, 0.717) is 38.5 Å². The maximum absolute atomic E-state index is 12.9. The van der Waals surface area contributed by atoms with Gasteiger partial charge in [-0.05, 0) is 69.2 Å². The van der Waals surface area contributed by atoms with Gasteiger partial charge in [-0.1, -0.05) is 12.1 Å². The lowest BCUT2D eigenvalue weighted by Crippen LogP contribution is -2.54. The number of piperazine rings is 1. The van der Waals surface area contributed by atoms with Crippen molar-refractivity contribution in [2.75, 3.05) is 37.7 Å². The topological polar surface area (TPSA) is 78.9 Å². The number of nitrogens with one attached hydrogen (secondary N) is 1. The molecule has 0 radical (unpaired) electrons. The Balaban J connectivity index is 1.59. The second-order valence-electron chi connectivity index (χ2n) is 7.78. The average Bonchev–Trinajstić information content (AvgIpc) is 2.75. The van der Waals surface area contributed by atoms with Gasteiger partial charge in [0.2, 0.25) is 15.9 Å². The molecule has 1 fully saturated rings. The number of sulfonamides is 1. The smallest absolute Gasteiger partial charge is 0.241 e. The Hall–Kier alpha value is -2.58. The molecule has 2 aromatic rings. The van der Waals surface area contributed by atoms with E-state index in [0.717, 1.165) is 0 Å². The third-order valence-electron chi connectivity index (χ3n) is 5.66. The minimum atomic E-state index is -3.80. The lowest BCUT2D eigenvalue weighted by atomic mass is 10.1. The van der Waals surface area contributed by atoms with E-state index in [2.05, 4.69) is 35.6 Å². The Morgan fingerprint density at radius 3 is 2.32 bits per heavy atom. The van der Waals surface area contributed by atoms with Crippen LogP contribution in [0.5, 0.6) is 5.75 Å². The largest absolute Gasteiger partial charge is 0.494 e. The molecule has 1 aliphatic rings. The number of hydrogen-bond donors (Lipinski definition) is 1. The number of benzene rings is 2. The SMILES string of the molecule is CCOc1ccc(S(=O)(=O)N[C@@H](C)C(=O)N2CCN(c3cccc(C)c3C)CC2)cc1. The van der Waals surface area contributed by atoms with Crippen molar-refractivity contribution in [2.45, 2.75) is 38.6 Å². The zero-order valence-corrected chi connectivity index (χ0v) is 19.4. The Labute approximate surface area is 185 Å². The van der Waals surface area contributed by atoms with E-state index < -0.39 is 16.1 Å². The molecular weight excluding hydrogens is 414 g/mol. The molecule has 1 amide bonds. The first kappa shape index (κ1) is 23.1. The molecule has 1 atom stereocenters. The fourth-order valence-electron chi connectivity index (χ4n) is 3.75. The van der Waals surface area contributed by atoms with E-state index in [1.165, 1.54) is 28.9 Å². The Bertz CT molecular complexity index is 1010. The van der Waals surface area contributed by atoms with E-state index >= 15 is 0 Å². The number of rotatable bonds is 7. The molecule has 31 heavy (non-hydrogen) atoms. The van der Waals surface area contributed by atoms with Gasteiger partial charge in [0, 0.05) is 31.9 Å². The molecule has 0 saturated carbocycles. The summed E-state index contributed by atoms with van der Waals surface area (Å²) in [4.78, 5) is 17.0. The van der Waals surface area contributed by atoms with Crippen LogP contribution in [0.15, 0.2) is 47.4 Å². The van der Waals surface area contributed by atoms with Crippen molar-refractivity contribution in [3.8, 4) is 5.75 Å². The predicted molar refractivity (Wildman–Crippen MR) is 122 cm³/mol. The summed E-state index contributed by atoms with van der Waals surface area (Å²) in [7, 11) is -3.80. The van der Waals surface area contributed by atoms with E-state index in [1.807, 2.05) is 13.0 Å². The number of carbonyl (C=O) groups excluding carboxylic acids is 1. The molecule has 0 spiro atoms. The van der Waals surface area contributed by atoms with Crippen LogP contribution >= 0.6 is 0 Å². The zero-order chi connectivity index (χ0) is 22.6. The molecule has 1 saturated heterocycles. The number of hydrogen-bond acceptors (Lipinski definition) is 5. The molecule has 0 unspecified atom stereocenters. The Morgan fingerprint density at radius 1 is 1.06 bits per heavy atom. The number of ether oxygens (including phenoxy) is 1. The molecule has 0 aliphatic carbocycles. The van der Waals surface area contributed by atoms with Crippen molar-refractivity contribution in [3.05, 3.63) is 53.6 Å². The molecule has 168 valence electrons. The van der Waals surface area contributed by atoms with E-state index in [-0.39, 0.29) is 10.8 Å². The summed E-state index contributed by atoms with van der Waals surface area (Å²) in [5, 5.41) is 0. The fraction of sp³-hybridized carbons (Fsp3) is 0.435. The Kier molecular flexibility index (Phi) is 7.23. The number of nitrogens with zero attached hydrogens (tertiary/aromatic N) is 2. The van der Waals surface area contributed by atoms with Gasteiger partial charge in [-0.2, -0.15) is 4.72 Å². The van der Waals surface area contributed by atoms with E-state index in [1.54, 1.807) is 24.0 Å². The lowest BCUT2D eigenvalue weighted by molar-refractivity contribution is -0.132. The van der Waals surface area contributed by atoms with Crippen LogP contribution in [-0.2, 0) is 14.8 Å². The van der Waals surface area contributed by atoms with Crippen molar-refractivity contribution in [3.63, 3.8) is 0 Å². The van der Waals surface area contributed by atoms with Gasteiger partial charge in [-0.25, -0.2) is 8.42 Å². The number of carbonyl (C=O) groups is 1. The molecule has 2 aromatic carbocycles. The summed E-state index contributed by atoms with van der Waals surface area (Å²) in [5.74, 6) is 0.391. The molecule has 0 bridgehead atoms. The highest BCUT2D eigenvalue weighted by Gasteiger charge is 2.28. The van der Waals surface area contributed by atoms with Gasteiger partial charge < -0.3 is 14.5 Å². The van der Waals surface area contributed by atoms with Gasteiger partial charge >= 0.3 is 0 Å². The van der Waals surface area contributed by atoms with Crippen LogP contribution in [0.3, 0.4) is 0 Å². The molecule has 1 N–H and O–H groups in total. The maximum atomic E-state index is 12.9. The first-order valence-electron chi connectivity index (χ1n) is 10.6. The van der Waals surface area contributed by atoms with E-state index in [4.69, 9.17) is 4.74 Å². The minimum Gasteiger partial charge on any atom is -0.494 e. The van der Waals surface area contributed by atoms with Crippen molar-refractivity contribution < 1.29 is 17.9 Å². The third-order valence-corrected chi connectivity index (χ3v) is 7.21. The highest BCUT2D eigenvalue weighted by Crippen LogP contribution is 2.24. The summed E-state index contributed by atoms with van der Waals surface area (Å²) in [6, 6.07) is 11.6. The standard InChI is InChI=1S/C23H31N3O4S/c1-5-30-20-9-11-21(12-10-20)31(28,29)24-19(4)23(27)26-15-13-25(14-16-26)22-8-6-7-17(2)18(22)3/h6-12,19,24H,5,13-16H2,1-4H3/t19-/m0/s1. The van der Waals surface area contributed by atoms with Crippen LogP contribution in [0.2, 0.25) is 0 Å². The predicted octanol–water partition coefficient (Wildman–Crippen LogP) is 2.72. The second kappa shape index (κ2) is 9.70. The molecule has 8 heteroatoms. The van der Waals surface area contributed by atoms with Crippen molar-refractivity contribution in [1.82, 2.24) is 9.62 Å². The molecule has 1 aliphatic heterocycles.